The molecular weight excluding hydrogens is 370 g/mol. The van der Waals surface area contributed by atoms with Crippen LogP contribution in [-0.4, -0.2) is 46.1 Å². The van der Waals surface area contributed by atoms with Crippen molar-refractivity contribution in [3.63, 3.8) is 0 Å². The molecule has 29 heavy (non-hydrogen) atoms. The molecule has 1 aliphatic rings. The molecule has 0 aliphatic carbocycles. The van der Waals surface area contributed by atoms with Crippen LogP contribution in [0.1, 0.15) is 11.5 Å². The van der Waals surface area contributed by atoms with Gasteiger partial charge in [0.2, 0.25) is 17.6 Å². The third-order valence-electron chi connectivity index (χ3n) is 4.85. The average molecular weight is 391 g/mol. The number of rotatable bonds is 4. The Hall–Kier alpha value is -3.68. The maximum atomic E-state index is 12.9. The van der Waals surface area contributed by atoms with Crippen molar-refractivity contribution in [2.45, 2.75) is 19.4 Å². The van der Waals surface area contributed by atoms with Gasteiger partial charge >= 0.3 is 6.03 Å². The Balaban J connectivity index is 1.51. The van der Waals surface area contributed by atoms with Crippen molar-refractivity contribution >= 4 is 17.6 Å². The first kappa shape index (κ1) is 18.7. The summed E-state index contributed by atoms with van der Waals surface area (Å²) in [6.45, 7) is 2.71. The highest BCUT2D eigenvalue weighted by molar-refractivity contribution is 5.95. The average Bonchev–Trinajstić information content (AvgIpc) is 3.20. The second-order valence-corrected chi connectivity index (χ2v) is 6.83. The molecule has 1 fully saturated rings. The molecular formula is C21H21N5O3. The maximum Gasteiger partial charge on any atom is 0.322 e. The highest BCUT2D eigenvalue weighted by atomic mass is 16.5. The van der Waals surface area contributed by atoms with E-state index in [9.17, 15) is 9.59 Å². The Labute approximate surface area is 167 Å². The van der Waals surface area contributed by atoms with Crippen LogP contribution in [0.15, 0.2) is 59.1 Å². The number of carbonyl (C=O) groups excluding carboxylic acids is 2. The van der Waals surface area contributed by atoms with E-state index in [1.807, 2.05) is 61.5 Å². The number of para-hydroxylation sites is 1. The number of nitrogens with one attached hydrogen (secondary N) is 2. The molecule has 2 N–H and O–H groups in total. The standard InChI is InChI=1S/C21H21N5O3/c1-14-7-5-6-10-16(14)23-21(28)26-12-11-22-20(27)17(26)13-18-24-19(25-29-18)15-8-3-2-4-9-15/h2-10,17H,11-13H2,1H3,(H,22,27)(H,23,28). The monoisotopic (exact) mass is 391 g/mol. The minimum absolute atomic E-state index is 0.146. The molecule has 148 valence electrons. The van der Waals surface area contributed by atoms with E-state index in [4.69, 9.17) is 4.52 Å². The van der Waals surface area contributed by atoms with Crippen molar-refractivity contribution in [3.8, 4) is 11.4 Å². The third-order valence-corrected chi connectivity index (χ3v) is 4.85. The molecule has 1 atom stereocenters. The third kappa shape index (κ3) is 4.11. The quantitative estimate of drug-likeness (QED) is 0.712. The Morgan fingerprint density at radius 2 is 1.97 bits per heavy atom. The van der Waals surface area contributed by atoms with Crippen LogP contribution >= 0.6 is 0 Å². The van der Waals surface area contributed by atoms with Crippen LogP contribution in [0.3, 0.4) is 0 Å². The molecule has 1 aliphatic heterocycles. The molecule has 1 aromatic heterocycles. The Morgan fingerprint density at radius 1 is 1.21 bits per heavy atom. The number of anilines is 1. The minimum atomic E-state index is -0.725. The van der Waals surface area contributed by atoms with Crippen LogP contribution in [0.4, 0.5) is 10.5 Å². The number of hydrogen-bond donors (Lipinski definition) is 2. The van der Waals surface area contributed by atoms with Crippen LogP contribution in [0.25, 0.3) is 11.4 Å². The summed E-state index contributed by atoms with van der Waals surface area (Å²) in [5.74, 6) is 0.517. The fourth-order valence-electron chi connectivity index (χ4n) is 3.27. The zero-order valence-corrected chi connectivity index (χ0v) is 16.0. The van der Waals surface area contributed by atoms with Crippen molar-refractivity contribution in [3.05, 3.63) is 66.1 Å². The van der Waals surface area contributed by atoms with E-state index < -0.39 is 6.04 Å². The lowest BCUT2D eigenvalue weighted by Crippen LogP contribution is -2.59. The van der Waals surface area contributed by atoms with Gasteiger partial charge in [0.1, 0.15) is 6.04 Å². The molecule has 8 nitrogen and oxygen atoms in total. The smallest absolute Gasteiger partial charge is 0.322 e. The molecule has 0 spiro atoms. The van der Waals surface area contributed by atoms with Gasteiger partial charge in [0, 0.05) is 24.3 Å². The van der Waals surface area contributed by atoms with Gasteiger partial charge in [-0.2, -0.15) is 4.98 Å². The molecule has 3 amide bonds. The zero-order valence-electron chi connectivity index (χ0n) is 16.0. The zero-order chi connectivity index (χ0) is 20.2. The summed E-state index contributed by atoms with van der Waals surface area (Å²) >= 11 is 0. The fraction of sp³-hybridized carbons (Fsp3) is 0.238. The molecule has 0 bridgehead atoms. The van der Waals surface area contributed by atoms with Crippen LogP contribution in [-0.2, 0) is 11.2 Å². The van der Waals surface area contributed by atoms with E-state index in [1.54, 1.807) is 0 Å². The molecule has 1 saturated heterocycles. The van der Waals surface area contributed by atoms with Gasteiger partial charge in [-0.3, -0.25) is 4.79 Å². The van der Waals surface area contributed by atoms with E-state index in [1.165, 1.54) is 4.90 Å². The van der Waals surface area contributed by atoms with Crippen LogP contribution in [0, 0.1) is 6.92 Å². The number of nitrogens with zero attached hydrogens (tertiary/aromatic N) is 3. The minimum Gasteiger partial charge on any atom is -0.353 e. The molecule has 0 saturated carbocycles. The molecule has 0 radical (unpaired) electrons. The lowest BCUT2D eigenvalue weighted by atomic mass is 10.1. The maximum absolute atomic E-state index is 12.9. The number of carbonyl (C=O) groups is 2. The van der Waals surface area contributed by atoms with E-state index in [0.29, 0.717) is 30.5 Å². The molecule has 2 heterocycles. The van der Waals surface area contributed by atoms with E-state index >= 15 is 0 Å². The molecule has 4 rings (SSSR count). The summed E-state index contributed by atoms with van der Waals surface area (Å²) in [5, 5.41) is 9.68. The number of amides is 3. The van der Waals surface area contributed by atoms with Crippen molar-refractivity contribution in [2.75, 3.05) is 18.4 Å². The first-order valence-electron chi connectivity index (χ1n) is 9.41. The summed E-state index contributed by atoms with van der Waals surface area (Å²) in [7, 11) is 0. The first-order chi connectivity index (χ1) is 14.1. The summed E-state index contributed by atoms with van der Waals surface area (Å²) in [6.07, 6.45) is 0.146. The second kappa shape index (κ2) is 8.14. The van der Waals surface area contributed by atoms with Gasteiger partial charge in [0.15, 0.2) is 0 Å². The van der Waals surface area contributed by atoms with Crippen LogP contribution in [0.5, 0.6) is 0 Å². The largest absolute Gasteiger partial charge is 0.353 e. The van der Waals surface area contributed by atoms with Gasteiger partial charge in [0.05, 0.1) is 6.42 Å². The Morgan fingerprint density at radius 3 is 2.76 bits per heavy atom. The number of urea groups is 1. The van der Waals surface area contributed by atoms with E-state index in [0.717, 1.165) is 11.1 Å². The summed E-state index contributed by atoms with van der Waals surface area (Å²) in [5.41, 5.74) is 2.49. The van der Waals surface area contributed by atoms with Crippen molar-refractivity contribution in [1.82, 2.24) is 20.4 Å². The number of benzene rings is 2. The molecule has 1 unspecified atom stereocenters. The van der Waals surface area contributed by atoms with Gasteiger partial charge in [-0.15, -0.1) is 0 Å². The predicted molar refractivity (Wildman–Crippen MR) is 107 cm³/mol. The SMILES string of the molecule is Cc1ccccc1NC(=O)N1CCNC(=O)C1Cc1nc(-c2ccccc2)no1. The highest BCUT2D eigenvalue weighted by Crippen LogP contribution is 2.19. The van der Waals surface area contributed by atoms with Crippen LogP contribution in [0.2, 0.25) is 0 Å². The van der Waals surface area contributed by atoms with Crippen LogP contribution < -0.4 is 10.6 Å². The fourth-order valence-corrected chi connectivity index (χ4v) is 3.27. The summed E-state index contributed by atoms with van der Waals surface area (Å²) < 4.78 is 5.34. The van der Waals surface area contributed by atoms with Crippen molar-refractivity contribution in [2.24, 2.45) is 0 Å². The number of piperazine rings is 1. The summed E-state index contributed by atoms with van der Waals surface area (Å²) in [4.78, 5) is 31.2. The predicted octanol–water partition coefficient (Wildman–Crippen LogP) is 2.62. The number of aryl methyl sites for hydroxylation is 1. The summed E-state index contributed by atoms with van der Waals surface area (Å²) in [6, 6.07) is 15.9. The van der Waals surface area contributed by atoms with Gasteiger partial charge in [-0.05, 0) is 18.6 Å². The lowest BCUT2D eigenvalue weighted by molar-refractivity contribution is -0.127. The van der Waals surface area contributed by atoms with Crippen molar-refractivity contribution in [1.29, 1.82) is 0 Å². The highest BCUT2D eigenvalue weighted by Gasteiger charge is 2.35. The lowest BCUT2D eigenvalue weighted by Gasteiger charge is -2.34. The van der Waals surface area contributed by atoms with Gasteiger partial charge in [0.25, 0.3) is 0 Å². The van der Waals surface area contributed by atoms with E-state index in [2.05, 4.69) is 20.8 Å². The topological polar surface area (TPSA) is 100 Å². The molecule has 2 aromatic carbocycles. The normalized spacial score (nSPS) is 16.4. The number of hydrogen-bond acceptors (Lipinski definition) is 5. The van der Waals surface area contributed by atoms with Crippen molar-refractivity contribution < 1.29 is 14.1 Å². The van der Waals surface area contributed by atoms with E-state index in [-0.39, 0.29) is 18.4 Å². The first-order valence-corrected chi connectivity index (χ1v) is 9.41. The van der Waals surface area contributed by atoms with Gasteiger partial charge in [-0.25, -0.2) is 4.79 Å². The molecule has 8 heteroatoms. The second-order valence-electron chi connectivity index (χ2n) is 6.83. The number of aromatic nitrogens is 2. The molecule has 3 aromatic rings. The van der Waals surface area contributed by atoms with Gasteiger partial charge < -0.3 is 20.1 Å². The Bertz CT molecular complexity index is 1020. The Kier molecular flexibility index (Phi) is 5.24. The van der Waals surface area contributed by atoms with Gasteiger partial charge in [-0.1, -0.05) is 53.7 Å².